The van der Waals surface area contributed by atoms with Gasteiger partial charge in [0.2, 0.25) is 0 Å². The van der Waals surface area contributed by atoms with Crippen molar-refractivity contribution < 1.29 is 14.6 Å². The van der Waals surface area contributed by atoms with E-state index in [9.17, 15) is 9.90 Å². The quantitative estimate of drug-likeness (QED) is 0.530. The van der Waals surface area contributed by atoms with Gasteiger partial charge in [0.25, 0.3) is 0 Å². The van der Waals surface area contributed by atoms with Crippen LogP contribution in [0, 0.1) is 0 Å². The van der Waals surface area contributed by atoms with Crippen LogP contribution in [-0.4, -0.2) is 18.4 Å². The second kappa shape index (κ2) is 8.84. The predicted octanol–water partition coefficient (Wildman–Crippen LogP) is 4.86. The molecule has 0 aliphatic heterocycles. The Morgan fingerprint density at radius 3 is 2.33 bits per heavy atom. The number of ether oxygens (including phenoxy) is 1. The summed E-state index contributed by atoms with van der Waals surface area (Å²) in [6, 6.07) is 21.1. The molecule has 0 spiro atoms. The normalized spacial score (nSPS) is 11.8. The summed E-state index contributed by atoms with van der Waals surface area (Å²) in [5.41, 5.74) is 3.96. The van der Waals surface area contributed by atoms with Crippen molar-refractivity contribution in [1.29, 1.82) is 0 Å². The highest BCUT2D eigenvalue weighted by Gasteiger charge is 2.15. The number of phenolic OH excluding ortho intramolecular Hbond substituents is 1. The molecule has 0 aromatic heterocycles. The van der Waals surface area contributed by atoms with E-state index in [0.717, 1.165) is 23.0 Å². The number of aldehydes is 1. The maximum absolute atomic E-state index is 11.1. The molecule has 1 unspecified atom stereocenters. The van der Waals surface area contributed by atoms with Crippen LogP contribution >= 0.6 is 15.9 Å². The van der Waals surface area contributed by atoms with Gasteiger partial charge in [0.1, 0.15) is 12.9 Å². The van der Waals surface area contributed by atoms with Gasteiger partial charge in [-0.1, -0.05) is 54.6 Å². The molecular formula is C22H20BrNO3. The fourth-order valence-electron chi connectivity index (χ4n) is 2.81. The van der Waals surface area contributed by atoms with Gasteiger partial charge < -0.3 is 20.0 Å². The summed E-state index contributed by atoms with van der Waals surface area (Å²) in [5.74, 6) is 0.342. The molecule has 0 heterocycles. The molecule has 1 atom stereocenters. The third kappa shape index (κ3) is 4.56. The number of hydrogen-bond donors (Lipinski definition) is 2. The van der Waals surface area contributed by atoms with Crippen LogP contribution in [0.1, 0.15) is 17.2 Å². The molecule has 5 heteroatoms. The van der Waals surface area contributed by atoms with Crippen molar-refractivity contribution in [2.24, 2.45) is 0 Å². The summed E-state index contributed by atoms with van der Waals surface area (Å²) in [7, 11) is 1.69. The van der Waals surface area contributed by atoms with Crippen molar-refractivity contribution in [1.82, 2.24) is 5.32 Å². The summed E-state index contributed by atoms with van der Waals surface area (Å²) in [6.45, 7) is 0.323. The summed E-state index contributed by atoms with van der Waals surface area (Å²) in [4.78, 5) is 11.1. The van der Waals surface area contributed by atoms with Gasteiger partial charge in [0.15, 0.2) is 11.5 Å². The molecule has 2 N–H and O–H groups in total. The zero-order valence-corrected chi connectivity index (χ0v) is 16.4. The predicted molar refractivity (Wildman–Crippen MR) is 110 cm³/mol. The van der Waals surface area contributed by atoms with E-state index >= 15 is 0 Å². The number of aromatic hydroxyl groups is 1. The van der Waals surface area contributed by atoms with Crippen molar-refractivity contribution in [2.75, 3.05) is 7.05 Å². The van der Waals surface area contributed by atoms with Gasteiger partial charge in [0.05, 0.1) is 10.5 Å². The average molecular weight is 426 g/mol. The summed E-state index contributed by atoms with van der Waals surface area (Å²) >= 11 is 3.41. The lowest BCUT2D eigenvalue weighted by Crippen LogP contribution is -2.17. The van der Waals surface area contributed by atoms with E-state index in [4.69, 9.17) is 4.74 Å². The number of benzene rings is 3. The van der Waals surface area contributed by atoms with Gasteiger partial charge in [-0.25, -0.2) is 0 Å². The Bertz CT molecular complexity index is 888. The van der Waals surface area contributed by atoms with Crippen LogP contribution in [0.2, 0.25) is 0 Å². The minimum Gasteiger partial charge on any atom is -0.504 e. The van der Waals surface area contributed by atoms with Gasteiger partial charge in [-0.15, -0.1) is 0 Å². The van der Waals surface area contributed by atoms with Crippen molar-refractivity contribution in [2.45, 2.75) is 12.6 Å². The second-order valence-electron chi connectivity index (χ2n) is 6.11. The molecule has 0 fully saturated rings. The van der Waals surface area contributed by atoms with Gasteiger partial charge in [-0.05, 0) is 57.4 Å². The number of carbonyl (C=O) groups excluding carboxylic acids is 1. The molecule has 0 bridgehead atoms. The van der Waals surface area contributed by atoms with Crippen molar-refractivity contribution in [3.8, 4) is 22.6 Å². The minimum absolute atomic E-state index is 0.0117. The highest BCUT2D eigenvalue weighted by atomic mass is 79.9. The van der Waals surface area contributed by atoms with E-state index < -0.39 is 6.04 Å². The zero-order chi connectivity index (χ0) is 19.2. The number of halogens is 1. The number of carbonyl (C=O) groups is 1. The van der Waals surface area contributed by atoms with E-state index in [1.807, 2.05) is 42.5 Å². The third-order valence-corrected chi connectivity index (χ3v) is 4.89. The lowest BCUT2D eigenvalue weighted by molar-refractivity contribution is -0.109. The standard InChI is InChI=1S/C22H20BrNO3/c1-24-20(13-25)18-11-19(23)22(21(26)12-18)27-14-15-7-9-17(10-8-15)16-5-3-2-4-6-16/h2-13,20,24,26H,14H2,1H3. The fourth-order valence-corrected chi connectivity index (χ4v) is 3.40. The van der Waals surface area contributed by atoms with Gasteiger partial charge in [0, 0.05) is 0 Å². The summed E-state index contributed by atoms with van der Waals surface area (Å²) < 4.78 is 6.39. The van der Waals surface area contributed by atoms with E-state index in [-0.39, 0.29) is 5.75 Å². The number of phenols is 1. The first kappa shape index (κ1) is 19.1. The van der Waals surface area contributed by atoms with Crippen molar-refractivity contribution in [3.63, 3.8) is 0 Å². The maximum Gasteiger partial charge on any atom is 0.175 e. The molecule has 3 aromatic rings. The third-order valence-electron chi connectivity index (χ3n) is 4.30. The maximum atomic E-state index is 11.1. The highest BCUT2D eigenvalue weighted by Crippen LogP contribution is 2.37. The first-order chi connectivity index (χ1) is 13.1. The Kier molecular flexibility index (Phi) is 6.27. The van der Waals surface area contributed by atoms with Crippen LogP contribution in [-0.2, 0) is 11.4 Å². The Morgan fingerprint density at radius 2 is 1.74 bits per heavy atom. The van der Waals surface area contributed by atoms with Crippen LogP contribution in [0.5, 0.6) is 11.5 Å². The lowest BCUT2D eigenvalue weighted by atomic mass is 10.0. The van der Waals surface area contributed by atoms with Crippen LogP contribution in [0.3, 0.4) is 0 Å². The minimum atomic E-state index is -0.480. The molecule has 27 heavy (non-hydrogen) atoms. The first-order valence-corrected chi connectivity index (χ1v) is 9.34. The molecular weight excluding hydrogens is 406 g/mol. The number of likely N-dealkylation sites (N-methyl/N-ethyl adjacent to an activating group) is 1. The van der Waals surface area contributed by atoms with Crippen LogP contribution in [0.15, 0.2) is 71.2 Å². The van der Waals surface area contributed by atoms with E-state index in [2.05, 4.69) is 33.4 Å². The molecule has 4 nitrogen and oxygen atoms in total. The smallest absolute Gasteiger partial charge is 0.175 e. The molecule has 3 aromatic carbocycles. The molecule has 0 amide bonds. The Labute approximate surface area is 166 Å². The number of hydrogen-bond acceptors (Lipinski definition) is 4. The molecule has 0 saturated heterocycles. The molecule has 0 aliphatic carbocycles. The summed E-state index contributed by atoms with van der Waals surface area (Å²) in [5, 5.41) is 13.2. The number of rotatable bonds is 7. The Morgan fingerprint density at radius 1 is 1.07 bits per heavy atom. The SMILES string of the molecule is CNC(C=O)c1cc(O)c(OCc2ccc(-c3ccccc3)cc2)c(Br)c1. The molecule has 0 aliphatic rings. The topological polar surface area (TPSA) is 58.6 Å². The van der Waals surface area contributed by atoms with Crippen LogP contribution in [0.4, 0.5) is 0 Å². The highest BCUT2D eigenvalue weighted by molar-refractivity contribution is 9.10. The van der Waals surface area contributed by atoms with Gasteiger partial charge >= 0.3 is 0 Å². The summed E-state index contributed by atoms with van der Waals surface area (Å²) in [6.07, 6.45) is 0.788. The average Bonchev–Trinajstić information content (AvgIpc) is 2.69. The Hall–Kier alpha value is -2.63. The van der Waals surface area contributed by atoms with Crippen LogP contribution in [0.25, 0.3) is 11.1 Å². The largest absolute Gasteiger partial charge is 0.504 e. The van der Waals surface area contributed by atoms with E-state index in [1.54, 1.807) is 13.1 Å². The monoisotopic (exact) mass is 425 g/mol. The van der Waals surface area contributed by atoms with E-state index in [0.29, 0.717) is 22.4 Å². The molecule has 0 radical (unpaired) electrons. The zero-order valence-electron chi connectivity index (χ0n) is 14.9. The Balaban J connectivity index is 1.72. The van der Waals surface area contributed by atoms with Crippen molar-refractivity contribution in [3.05, 3.63) is 82.3 Å². The van der Waals surface area contributed by atoms with E-state index in [1.165, 1.54) is 6.07 Å². The molecule has 3 rings (SSSR count). The van der Waals surface area contributed by atoms with Crippen LogP contribution < -0.4 is 10.1 Å². The lowest BCUT2D eigenvalue weighted by Gasteiger charge is -2.15. The molecule has 138 valence electrons. The number of nitrogens with one attached hydrogen (secondary N) is 1. The van der Waals surface area contributed by atoms with Gasteiger partial charge in [-0.3, -0.25) is 0 Å². The fraction of sp³-hybridized carbons (Fsp3) is 0.136. The van der Waals surface area contributed by atoms with Crippen molar-refractivity contribution >= 4 is 22.2 Å². The second-order valence-corrected chi connectivity index (χ2v) is 6.96. The first-order valence-electron chi connectivity index (χ1n) is 8.54. The molecule has 0 saturated carbocycles. The van der Waals surface area contributed by atoms with Gasteiger partial charge in [-0.2, -0.15) is 0 Å².